The van der Waals surface area contributed by atoms with E-state index in [1.807, 2.05) is 13.0 Å². The van der Waals surface area contributed by atoms with E-state index in [1.165, 1.54) is 0 Å². The van der Waals surface area contributed by atoms with Crippen LogP contribution in [0.3, 0.4) is 0 Å². The van der Waals surface area contributed by atoms with E-state index < -0.39 is 6.10 Å². The molecule has 17 heavy (non-hydrogen) atoms. The quantitative estimate of drug-likeness (QED) is 0.667. The summed E-state index contributed by atoms with van der Waals surface area (Å²) in [5, 5.41) is 27.6. The average Bonchev–Trinajstić information content (AvgIpc) is 2.36. The van der Waals surface area contributed by atoms with E-state index in [9.17, 15) is 5.11 Å². The number of hydrogen-bond acceptors (Lipinski definition) is 4. The summed E-state index contributed by atoms with van der Waals surface area (Å²) in [4.78, 5) is 0. The van der Waals surface area contributed by atoms with Crippen molar-refractivity contribution in [1.82, 2.24) is 0 Å². The second-order valence-corrected chi connectivity index (χ2v) is 4.08. The standard InChI is InChI=1S/C13H20O4/c1-10(5-6-14)13(16)11-3-2-4-12(9-11)17-8-7-15/h2-4,9-10,13-16H,5-8H2,1H3/t10-,13+/m0/s1. The smallest absolute Gasteiger partial charge is 0.119 e. The second-order valence-electron chi connectivity index (χ2n) is 4.08. The van der Waals surface area contributed by atoms with Gasteiger partial charge in [-0.25, -0.2) is 0 Å². The van der Waals surface area contributed by atoms with Gasteiger partial charge in [0.1, 0.15) is 12.4 Å². The molecule has 1 rings (SSSR count). The van der Waals surface area contributed by atoms with Crippen LogP contribution in [-0.2, 0) is 0 Å². The third-order valence-electron chi connectivity index (χ3n) is 2.68. The van der Waals surface area contributed by atoms with Crippen LogP contribution in [0.25, 0.3) is 0 Å². The van der Waals surface area contributed by atoms with Gasteiger partial charge in [-0.1, -0.05) is 19.1 Å². The molecule has 3 N–H and O–H groups in total. The zero-order valence-electron chi connectivity index (χ0n) is 10.0. The molecule has 0 saturated heterocycles. The third kappa shape index (κ3) is 4.34. The minimum Gasteiger partial charge on any atom is -0.491 e. The molecule has 4 nitrogen and oxygen atoms in total. The summed E-state index contributed by atoms with van der Waals surface area (Å²) in [7, 11) is 0. The number of ether oxygens (including phenoxy) is 1. The van der Waals surface area contributed by atoms with Crippen LogP contribution in [0.1, 0.15) is 25.0 Å². The highest BCUT2D eigenvalue weighted by atomic mass is 16.5. The molecular formula is C13H20O4. The van der Waals surface area contributed by atoms with Crippen LogP contribution in [0.15, 0.2) is 24.3 Å². The number of rotatable bonds is 7. The van der Waals surface area contributed by atoms with Gasteiger partial charge >= 0.3 is 0 Å². The zero-order valence-corrected chi connectivity index (χ0v) is 10.0. The fourth-order valence-electron chi connectivity index (χ4n) is 1.64. The molecule has 0 aliphatic carbocycles. The van der Waals surface area contributed by atoms with E-state index in [1.54, 1.807) is 18.2 Å². The maximum absolute atomic E-state index is 10.1. The summed E-state index contributed by atoms with van der Waals surface area (Å²) >= 11 is 0. The Morgan fingerprint density at radius 2 is 2.00 bits per heavy atom. The van der Waals surface area contributed by atoms with Crippen molar-refractivity contribution in [2.45, 2.75) is 19.4 Å². The van der Waals surface area contributed by atoms with Crippen molar-refractivity contribution in [3.8, 4) is 5.75 Å². The predicted molar refractivity (Wildman–Crippen MR) is 64.8 cm³/mol. The maximum Gasteiger partial charge on any atom is 0.119 e. The van der Waals surface area contributed by atoms with Crippen LogP contribution in [0.2, 0.25) is 0 Å². The fraction of sp³-hybridized carbons (Fsp3) is 0.538. The molecule has 0 aliphatic heterocycles. The summed E-state index contributed by atoms with van der Waals surface area (Å²) in [6, 6.07) is 7.16. The van der Waals surface area contributed by atoms with Crippen LogP contribution in [0.5, 0.6) is 5.75 Å². The van der Waals surface area contributed by atoms with Gasteiger partial charge in [0.15, 0.2) is 0 Å². The Morgan fingerprint density at radius 1 is 1.24 bits per heavy atom. The van der Waals surface area contributed by atoms with Crippen molar-refractivity contribution >= 4 is 0 Å². The van der Waals surface area contributed by atoms with E-state index in [2.05, 4.69) is 0 Å². The van der Waals surface area contributed by atoms with E-state index >= 15 is 0 Å². The third-order valence-corrected chi connectivity index (χ3v) is 2.68. The van der Waals surface area contributed by atoms with Crippen molar-refractivity contribution in [3.63, 3.8) is 0 Å². The van der Waals surface area contributed by atoms with Crippen molar-refractivity contribution in [1.29, 1.82) is 0 Å². The second kappa shape index (κ2) is 7.27. The Hall–Kier alpha value is -1.10. The van der Waals surface area contributed by atoms with Gasteiger partial charge in [-0.3, -0.25) is 0 Å². The van der Waals surface area contributed by atoms with Gasteiger partial charge in [0.05, 0.1) is 12.7 Å². The topological polar surface area (TPSA) is 69.9 Å². The minimum atomic E-state index is -0.611. The minimum absolute atomic E-state index is 0.00640. The number of hydrogen-bond donors (Lipinski definition) is 3. The van der Waals surface area contributed by atoms with Crippen molar-refractivity contribution < 1.29 is 20.1 Å². The lowest BCUT2D eigenvalue weighted by atomic mass is 9.95. The zero-order chi connectivity index (χ0) is 12.7. The summed E-state index contributed by atoms with van der Waals surface area (Å²) in [6.07, 6.45) is -0.0528. The van der Waals surface area contributed by atoms with Gasteiger partial charge in [0, 0.05) is 6.61 Å². The predicted octanol–water partition coefficient (Wildman–Crippen LogP) is 1.11. The van der Waals surface area contributed by atoms with Crippen LogP contribution in [-0.4, -0.2) is 35.1 Å². The molecule has 4 heteroatoms. The SMILES string of the molecule is C[C@@H](CCO)[C@@H](O)c1cccc(OCCO)c1. The fourth-order valence-corrected chi connectivity index (χ4v) is 1.64. The molecule has 0 fully saturated rings. The molecular weight excluding hydrogens is 220 g/mol. The number of benzene rings is 1. The van der Waals surface area contributed by atoms with Gasteiger partial charge in [-0.2, -0.15) is 0 Å². The Balaban J connectivity index is 2.69. The molecule has 0 heterocycles. The van der Waals surface area contributed by atoms with Crippen LogP contribution in [0.4, 0.5) is 0 Å². The molecule has 96 valence electrons. The van der Waals surface area contributed by atoms with Gasteiger partial charge in [-0.05, 0) is 30.0 Å². The van der Waals surface area contributed by atoms with E-state index in [0.29, 0.717) is 12.2 Å². The first-order chi connectivity index (χ1) is 8.19. The number of aliphatic hydroxyl groups excluding tert-OH is 3. The van der Waals surface area contributed by atoms with Gasteiger partial charge < -0.3 is 20.1 Å². The molecule has 2 atom stereocenters. The molecule has 0 radical (unpaired) electrons. The van der Waals surface area contributed by atoms with Crippen molar-refractivity contribution in [2.75, 3.05) is 19.8 Å². The molecule has 1 aromatic rings. The summed E-state index contributed by atoms with van der Waals surface area (Å²) < 4.78 is 5.28. The first-order valence-corrected chi connectivity index (χ1v) is 5.81. The van der Waals surface area contributed by atoms with Crippen LogP contribution < -0.4 is 4.74 Å². The van der Waals surface area contributed by atoms with Crippen molar-refractivity contribution in [2.24, 2.45) is 5.92 Å². The highest BCUT2D eigenvalue weighted by Gasteiger charge is 2.16. The van der Waals surface area contributed by atoms with Crippen LogP contribution in [0, 0.1) is 5.92 Å². The van der Waals surface area contributed by atoms with Gasteiger partial charge in [0.25, 0.3) is 0 Å². The number of aliphatic hydroxyl groups is 3. The van der Waals surface area contributed by atoms with Crippen molar-refractivity contribution in [3.05, 3.63) is 29.8 Å². The summed E-state index contributed by atoms with van der Waals surface area (Å²) in [5.41, 5.74) is 0.765. The van der Waals surface area contributed by atoms with E-state index in [0.717, 1.165) is 5.56 Å². The normalized spacial score (nSPS) is 14.4. The lowest BCUT2D eigenvalue weighted by Gasteiger charge is -2.18. The molecule has 0 unspecified atom stereocenters. The Kier molecular flexibility index (Phi) is 5.97. The van der Waals surface area contributed by atoms with Gasteiger partial charge in [-0.15, -0.1) is 0 Å². The highest BCUT2D eigenvalue weighted by molar-refractivity contribution is 5.30. The highest BCUT2D eigenvalue weighted by Crippen LogP contribution is 2.26. The monoisotopic (exact) mass is 240 g/mol. The maximum atomic E-state index is 10.1. The first-order valence-electron chi connectivity index (χ1n) is 5.81. The largest absolute Gasteiger partial charge is 0.491 e. The molecule has 0 spiro atoms. The molecule has 0 aliphatic rings. The summed E-state index contributed by atoms with van der Waals surface area (Å²) in [5.74, 6) is 0.625. The molecule has 1 aromatic carbocycles. The van der Waals surface area contributed by atoms with Gasteiger partial charge in [0.2, 0.25) is 0 Å². The van der Waals surface area contributed by atoms with E-state index in [-0.39, 0.29) is 25.7 Å². The summed E-state index contributed by atoms with van der Waals surface area (Å²) in [6.45, 7) is 2.17. The lowest BCUT2D eigenvalue weighted by Crippen LogP contribution is -2.11. The molecule has 0 bridgehead atoms. The lowest BCUT2D eigenvalue weighted by molar-refractivity contribution is 0.0987. The Labute approximate surface area is 101 Å². The van der Waals surface area contributed by atoms with Crippen LogP contribution >= 0.6 is 0 Å². The molecule has 0 aromatic heterocycles. The Bertz CT molecular complexity index is 327. The molecule has 0 saturated carbocycles. The van der Waals surface area contributed by atoms with E-state index in [4.69, 9.17) is 14.9 Å². The average molecular weight is 240 g/mol. The molecule has 0 amide bonds. The first kappa shape index (κ1) is 14.0. The Morgan fingerprint density at radius 3 is 2.65 bits per heavy atom.